The Morgan fingerprint density at radius 2 is 2.04 bits per heavy atom. The zero-order valence-corrected chi connectivity index (χ0v) is 16.4. The number of aliphatic hydroxyl groups excluding tert-OH is 2. The Kier molecular flexibility index (Phi) is 6.14. The van der Waals surface area contributed by atoms with Crippen LogP contribution in [-0.2, 0) is 0 Å². The van der Waals surface area contributed by atoms with E-state index >= 15 is 0 Å². The highest BCUT2D eigenvalue weighted by molar-refractivity contribution is 5.95. The van der Waals surface area contributed by atoms with Crippen LogP contribution in [0.25, 0.3) is 5.65 Å². The average Bonchev–Trinajstić information content (AvgIpc) is 3.20. The summed E-state index contributed by atoms with van der Waals surface area (Å²) in [6.45, 7) is 9.52. The molecular weight excluding hydrogens is 344 g/mol. The first-order valence-corrected chi connectivity index (χ1v) is 9.67. The van der Waals surface area contributed by atoms with Crippen LogP contribution in [0.1, 0.15) is 28.7 Å². The van der Waals surface area contributed by atoms with Gasteiger partial charge in [-0.05, 0) is 44.0 Å². The zero-order valence-electron chi connectivity index (χ0n) is 16.4. The van der Waals surface area contributed by atoms with Gasteiger partial charge in [0.25, 0.3) is 5.91 Å². The van der Waals surface area contributed by atoms with E-state index in [0.717, 1.165) is 30.0 Å². The highest BCUT2D eigenvalue weighted by atomic mass is 16.3. The topological polar surface area (TPSA) is 81.3 Å². The molecule has 3 heterocycles. The first-order valence-electron chi connectivity index (χ1n) is 9.67. The number of nitrogens with zero attached hydrogens (tertiary/aromatic N) is 4. The van der Waals surface area contributed by atoms with E-state index < -0.39 is 0 Å². The van der Waals surface area contributed by atoms with Crippen LogP contribution in [-0.4, -0.2) is 81.2 Å². The van der Waals surface area contributed by atoms with Crippen molar-refractivity contribution in [3.8, 4) is 0 Å². The van der Waals surface area contributed by atoms with E-state index in [4.69, 9.17) is 0 Å². The predicted octanol–water partition coefficient (Wildman–Crippen LogP) is 0.946. The van der Waals surface area contributed by atoms with Gasteiger partial charge in [0, 0.05) is 44.9 Å². The van der Waals surface area contributed by atoms with Gasteiger partial charge in [-0.15, -0.1) is 0 Å². The van der Waals surface area contributed by atoms with E-state index in [-0.39, 0.29) is 31.0 Å². The number of fused-ring (bicyclic) bond motifs is 1. The third-order valence-electron chi connectivity index (χ3n) is 5.61. The molecule has 0 saturated carbocycles. The number of likely N-dealkylation sites (tertiary alicyclic amines) is 1. The summed E-state index contributed by atoms with van der Waals surface area (Å²) in [6, 6.07) is 3.95. The van der Waals surface area contributed by atoms with E-state index in [1.165, 1.54) is 0 Å². The quantitative estimate of drug-likeness (QED) is 0.754. The lowest BCUT2D eigenvalue weighted by atomic mass is 9.96. The molecule has 1 aliphatic rings. The minimum Gasteiger partial charge on any atom is -0.396 e. The van der Waals surface area contributed by atoms with E-state index in [1.54, 1.807) is 0 Å². The van der Waals surface area contributed by atoms with Gasteiger partial charge in [0.1, 0.15) is 11.3 Å². The second kappa shape index (κ2) is 8.37. The van der Waals surface area contributed by atoms with Crippen molar-refractivity contribution in [3.05, 3.63) is 35.3 Å². The molecule has 27 heavy (non-hydrogen) atoms. The Bertz CT molecular complexity index is 804. The van der Waals surface area contributed by atoms with Crippen LogP contribution >= 0.6 is 0 Å². The average molecular weight is 374 g/mol. The second-order valence-electron chi connectivity index (χ2n) is 7.51. The molecule has 7 nitrogen and oxygen atoms in total. The molecular formula is C20H30N4O3. The van der Waals surface area contributed by atoms with Gasteiger partial charge in [-0.1, -0.05) is 6.92 Å². The number of aromatic nitrogens is 2. The Morgan fingerprint density at radius 3 is 2.70 bits per heavy atom. The largest absolute Gasteiger partial charge is 0.396 e. The first-order chi connectivity index (χ1) is 13.0. The molecule has 148 valence electrons. The van der Waals surface area contributed by atoms with Crippen molar-refractivity contribution < 1.29 is 15.0 Å². The van der Waals surface area contributed by atoms with Crippen LogP contribution in [0.4, 0.5) is 0 Å². The smallest absolute Gasteiger partial charge is 0.272 e. The first kappa shape index (κ1) is 19.8. The third kappa shape index (κ3) is 4.00. The summed E-state index contributed by atoms with van der Waals surface area (Å²) >= 11 is 0. The summed E-state index contributed by atoms with van der Waals surface area (Å²) in [5.74, 6) is 0.227. The maximum atomic E-state index is 13.2. The van der Waals surface area contributed by atoms with Crippen LogP contribution in [0.15, 0.2) is 18.3 Å². The van der Waals surface area contributed by atoms with Crippen molar-refractivity contribution in [3.63, 3.8) is 0 Å². The number of carbonyl (C=O) groups is 1. The molecule has 1 fully saturated rings. The number of hydrogen-bond donors (Lipinski definition) is 2. The van der Waals surface area contributed by atoms with E-state index in [0.29, 0.717) is 25.3 Å². The maximum absolute atomic E-state index is 13.2. The summed E-state index contributed by atoms with van der Waals surface area (Å²) < 4.78 is 1.86. The lowest BCUT2D eigenvalue weighted by molar-refractivity contribution is 0.0771. The molecule has 2 aromatic rings. The molecule has 7 heteroatoms. The SMILES string of the molecule is CCN(CCO)C[C@@H]1CN(C(=O)c2c(C)nc3cc(C)ccn23)C[C@@H]1CO. The molecule has 1 saturated heterocycles. The molecule has 0 spiro atoms. The predicted molar refractivity (Wildman–Crippen MR) is 104 cm³/mol. The number of amides is 1. The number of rotatable bonds is 7. The van der Waals surface area contributed by atoms with Crippen LogP contribution in [0.3, 0.4) is 0 Å². The van der Waals surface area contributed by atoms with Crippen molar-refractivity contribution in [2.45, 2.75) is 20.8 Å². The van der Waals surface area contributed by atoms with Crippen molar-refractivity contribution in [2.75, 3.05) is 45.9 Å². The molecule has 0 radical (unpaired) electrons. The van der Waals surface area contributed by atoms with Crippen molar-refractivity contribution >= 4 is 11.6 Å². The Balaban J connectivity index is 1.81. The summed E-state index contributed by atoms with van der Waals surface area (Å²) in [5.41, 5.74) is 3.22. The van der Waals surface area contributed by atoms with E-state index in [9.17, 15) is 15.0 Å². The Hall–Kier alpha value is -1.96. The molecule has 2 N–H and O–H groups in total. The maximum Gasteiger partial charge on any atom is 0.272 e. The van der Waals surface area contributed by atoms with Gasteiger partial charge in [0.05, 0.1) is 12.3 Å². The highest BCUT2D eigenvalue weighted by Gasteiger charge is 2.37. The zero-order chi connectivity index (χ0) is 19.6. The second-order valence-corrected chi connectivity index (χ2v) is 7.51. The Morgan fingerprint density at radius 1 is 1.30 bits per heavy atom. The van der Waals surface area contributed by atoms with Crippen LogP contribution in [0.2, 0.25) is 0 Å². The minimum atomic E-state index is -0.0324. The van der Waals surface area contributed by atoms with Gasteiger partial charge >= 0.3 is 0 Å². The van der Waals surface area contributed by atoms with Crippen molar-refractivity contribution in [1.82, 2.24) is 19.2 Å². The summed E-state index contributed by atoms with van der Waals surface area (Å²) in [6.07, 6.45) is 1.90. The number of likely N-dealkylation sites (N-methyl/N-ethyl adjacent to an activating group) is 1. The normalized spacial score (nSPS) is 20.1. The van der Waals surface area contributed by atoms with Crippen LogP contribution < -0.4 is 0 Å². The van der Waals surface area contributed by atoms with Crippen molar-refractivity contribution in [2.24, 2.45) is 11.8 Å². The number of aliphatic hydroxyl groups is 2. The molecule has 0 bridgehead atoms. The molecule has 3 rings (SSSR count). The number of aryl methyl sites for hydroxylation is 2. The molecule has 0 aliphatic carbocycles. The molecule has 1 amide bonds. The molecule has 1 aliphatic heterocycles. The van der Waals surface area contributed by atoms with Crippen LogP contribution in [0.5, 0.6) is 0 Å². The summed E-state index contributed by atoms with van der Waals surface area (Å²) in [4.78, 5) is 21.8. The van der Waals surface area contributed by atoms with Gasteiger partial charge in [-0.3, -0.25) is 9.20 Å². The van der Waals surface area contributed by atoms with Gasteiger partial charge in [-0.25, -0.2) is 4.98 Å². The molecule has 2 atom stereocenters. The van der Waals surface area contributed by atoms with Crippen LogP contribution in [0, 0.1) is 25.7 Å². The number of hydrogen-bond acceptors (Lipinski definition) is 5. The summed E-state index contributed by atoms with van der Waals surface area (Å²) in [7, 11) is 0. The van der Waals surface area contributed by atoms with Crippen molar-refractivity contribution in [1.29, 1.82) is 0 Å². The molecule has 2 aromatic heterocycles. The number of pyridine rings is 1. The minimum absolute atomic E-state index is 0.0324. The third-order valence-corrected chi connectivity index (χ3v) is 5.61. The number of imidazole rings is 1. The lowest BCUT2D eigenvalue weighted by Gasteiger charge is -2.25. The van der Waals surface area contributed by atoms with Gasteiger partial charge in [-0.2, -0.15) is 0 Å². The van der Waals surface area contributed by atoms with E-state index in [2.05, 4.69) is 16.8 Å². The molecule has 0 unspecified atom stereocenters. The van der Waals surface area contributed by atoms with Gasteiger partial charge in [0.2, 0.25) is 0 Å². The highest BCUT2D eigenvalue weighted by Crippen LogP contribution is 2.27. The fourth-order valence-electron chi connectivity index (χ4n) is 4.04. The summed E-state index contributed by atoms with van der Waals surface area (Å²) in [5, 5.41) is 19.0. The monoisotopic (exact) mass is 374 g/mol. The van der Waals surface area contributed by atoms with E-state index in [1.807, 2.05) is 41.5 Å². The fraction of sp³-hybridized carbons (Fsp3) is 0.600. The van der Waals surface area contributed by atoms with Gasteiger partial charge < -0.3 is 20.0 Å². The number of carbonyl (C=O) groups excluding carboxylic acids is 1. The fourth-order valence-corrected chi connectivity index (χ4v) is 4.04. The van der Waals surface area contributed by atoms with Gasteiger partial charge in [0.15, 0.2) is 0 Å². The Labute approximate surface area is 160 Å². The lowest BCUT2D eigenvalue weighted by Crippen LogP contribution is -2.36. The standard InChI is InChI=1S/C20H30N4O3/c1-4-22(7-8-25)10-16-11-23(12-17(16)13-26)20(27)19-15(3)21-18-9-14(2)5-6-24(18)19/h5-6,9,16-17,25-26H,4,7-8,10-13H2,1-3H3/t16-,17-/m1/s1. The molecule has 0 aromatic carbocycles.